The number of fused-ring (bicyclic) bond motifs is 3. The van der Waals surface area contributed by atoms with Crippen LogP contribution in [0.5, 0.6) is 0 Å². The maximum Gasteiger partial charge on any atom is 0.0864 e. The molecule has 3 atom stereocenters. The molecule has 1 aromatic carbocycles. The Kier molecular flexibility index (Phi) is 2.68. The third-order valence-corrected chi connectivity index (χ3v) is 5.11. The smallest absolute Gasteiger partial charge is 0.0864 e. The zero-order valence-corrected chi connectivity index (χ0v) is 10.8. The van der Waals surface area contributed by atoms with Gasteiger partial charge in [0.2, 0.25) is 0 Å². The molecule has 1 saturated carbocycles. The van der Waals surface area contributed by atoms with E-state index in [0.717, 1.165) is 25.7 Å². The molecule has 3 unspecified atom stereocenters. The fourth-order valence-corrected chi connectivity index (χ4v) is 4.03. The topological polar surface area (TPSA) is 44.0 Å². The van der Waals surface area contributed by atoms with Gasteiger partial charge >= 0.3 is 0 Å². The Labute approximate surface area is 108 Å². The normalized spacial score (nSPS) is 35.4. The summed E-state index contributed by atoms with van der Waals surface area (Å²) in [6.07, 6.45) is 3.97. The fourth-order valence-electron chi connectivity index (χ4n) is 4.03. The van der Waals surface area contributed by atoms with Gasteiger partial charge in [0.1, 0.15) is 0 Å². The highest BCUT2D eigenvalue weighted by molar-refractivity contribution is 5.32. The monoisotopic (exact) mass is 241 g/mol. The summed E-state index contributed by atoms with van der Waals surface area (Å²) in [6.45, 7) is 1.88. The lowest BCUT2D eigenvalue weighted by Crippen LogP contribution is -2.45. The van der Waals surface area contributed by atoms with Crippen molar-refractivity contribution in [1.82, 2.24) is 0 Å². The zero-order valence-electron chi connectivity index (χ0n) is 10.8. The molecule has 2 heteroatoms. The van der Waals surface area contributed by atoms with E-state index >= 15 is 0 Å². The highest BCUT2D eigenvalue weighted by Crippen LogP contribution is 2.50. The summed E-state index contributed by atoms with van der Waals surface area (Å²) < 4.78 is 0. The van der Waals surface area contributed by atoms with E-state index in [9.17, 15) is 10.4 Å². The average molecular weight is 241 g/mol. The quantitative estimate of drug-likeness (QED) is 0.821. The predicted octanol–water partition coefficient (Wildman–Crippen LogP) is 2.70. The molecule has 2 nitrogen and oxygen atoms in total. The molecule has 1 fully saturated rings. The first-order chi connectivity index (χ1) is 8.66. The van der Waals surface area contributed by atoms with Gasteiger partial charge in [-0.3, -0.25) is 0 Å². The molecule has 18 heavy (non-hydrogen) atoms. The molecule has 0 spiro atoms. The minimum atomic E-state index is -0.784. The van der Waals surface area contributed by atoms with Crippen LogP contribution >= 0.6 is 0 Å². The molecule has 3 rings (SSSR count). The summed E-state index contributed by atoms with van der Waals surface area (Å²) in [6, 6.07) is 10.8. The van der Waals surface area contributed by atoms with Crippen LogP contribution in [0.3, 0.4) is 0 Å². The fraction of sp³-hybridized carbons (Fsp3) is 0.562. The molecule has 2 aliphatic carbocycles. The minimum Gasteiger partial charge on any atom is -0.388 e. The number of aliphatic hydroxyl groups is 1. The maximum absolute atomic E-state index is 11.1. The Balaban J connectivity index is 2.03. The molecule has 0 aliphatic heterocycles. The molecule has 0 aromatic heterocycles. The average Bonchev–Trinajstić information content (AvgIpc) is 2.61. The zero-order chi connectivity index (χ0) is 12.8. The van der Waals surface area contributed by atoms with Gasteiger partial charge in [-0.2, -0.15) is 5.26 Å². The first-order valence-corrected chi connectivity index (χ1v) is 6.85. The molecule has 2 aliphatic rings. The molecule has 2 bridgehead atoms. The van der Waals surface area contributed by atoms with Gasteiger partial charge in [-0.25, -0.2) is 0 Å². The van der Waals surface area contributed by atoms with Crippen LogP contribution in [-0.4, -0.2) is 10.7 Å². The van der Waals surface area contributed by atoms with Crippen molar-refractivity contribution in [3.05, 3.63) is 35.4 Å². The predicted molar refractivity (Wildman–Crippen MR) is 69.8 cm³/mol. The second kappa shape index (κ2) is 4.10. The van der Waals surface area contributed by atoms with Crippen LogP contribution in [0, 0.1) is 29.1 Å². The van der Waals surface area contributed by atoms with Gasteiger partial charge in [-0.05, 0) is 55.6 Å². The van der Waals surface area contributed by atoms with E-state index in [-0.39, 0.29) is 17.8 Å². The van der Waals surface area contributed by atoms with Gasteiger partial charge in [-0.15, -0.1) is 0 Å². The van der Waals surface area contributed by atoms with E-state index < -0.39 is 5.60 Å². The number of nitrogens with zero attached hydrogens (tertiary/aromatic N) is 1. The number of hydrogen-bond acceptors (Lipinski definition) is 2. The van der Waals surface area contributed by atoms with Crippen molar-refractivity contribution in [2.45, 2.75) is 38.2 Å². The van der Waals surface area contributed by atoms with Crippen molar-refractivity contribution in [3.63, 3.8) is 0 Å². The van der Waals surface area contributed by atoms with Crippen molar-refractivity contribution < 1.29 is 5.11 Å². The Bertz CT molecular complexity index is 469. The standard InChI is InChI=1S/C16H19NO/c1-11(10-17)16(18)14-6-7-15(16)9-13-5-3-2-4-12(13)8-14/h2-5,11,14-15,18H,6-9H2,1H3. The van der Waals surface area contributed by atoms with Crippen LogP contribution in [0.4, 0.5) is 0 Å². The van der Waals surface area contributed by atoms with Crippen molar-refractivity contribution in [2.75, 3.05) is 0 Å². The number of benzene rings is 1. The van der Waals surface area contributed by atoms with Crippen LogP contribution in [0.2, 0.25) is 0 Å². The number of nitriles is 1. The second-order valence-electron chi connectivity index (χ2n) is 5.89. The summed E-state index contributed by atoms with van der Waals surface area (Å²) >= 11 is 0. The minimum absolute atomic E-state index is 0.251. The molecule has 1 N–H and O–H groups in total. The van der Waals surface area contributed by atoms with Crippen LogP contribution in [0.15, 0.2) is 24.3 Å². The molecule has 1 aromatic rings. The molecule has 0 saturated heterocycles. The first kappa shape index (κ1) is 11.7. The molecular formula is C16H19NO. The SMILES string of the molecule is CC(C#N)C1(O)C2CCC1Cc1ccccc1C2. The summed E-state index contributed by atoms with van der Waals surface area (Å²) in [5.74, 6) is 0.228. The van der Waals surface area contributed by atoms with Crippen LogP contribution < -0.4 is 0 Å². The largest absolute Gasteiger partial charge is 0.388 e. The lowest BCUT2D eigenvalue weighted by atomic mass is 9.74. The van der Waals surface area contributed by atoms with Gasteiger partial charge in [0.05, 0.1) is 17.6 Å². The van der Waals surface area contributed by atoms with Gasteiger partial charge in [0, 0.05) is 0 Å². The number of hydrogen-bond donors (Lipinski definition) is 1. The van der Waals surface area contributed by atoms with Crippen molar-refractivity contribution >= 4 is 0 Å². The summed E-state index contributed by atoms with van der Waals surface area (Å²) in [5.41, 5.74) is 1.95. The van der Waals surface area contributed by atoms with E-state index in [1.54, 1.807) is 0 Å². The van der Waals surface area contributed by atoms with E-state index in [2.05, 4.69) is 30.3 Å². The highest BCUT2D eigenvalue weighted by Gasteiger charge is 2.53. The van der Waals surface area contributed by atoms with E-state index in [4.69, 9.17) is 0 Å². The van der Waals surface area contributed by atoms with Gasteiger partial charge < -0.3 is 5.11 Å². The van der Waals surface area contributed by atoms with Crippen LogP contribution in [0.25, 0.3) is 0 Å². The van der Waals surface area contributed by atoms with E-state index in [0.29, 0.717) is 0 Å². The van der Waals surface area contributed by atoms with Gasteiger partial charge in [0.25, 0.3) is 0 Å². The van der Waals surface area contributed by atoms with Gasteiger partial charge in [-0.1, -0.05) is 24.3 Å². The van der Waals surface area contributed by atoms with Crippen LogP contribution in [0.1, 0.15) is 30.9 Å². The van der Waals surface area contributed by atoms with E-state index in [1.807, 2.05) is 6.92 Å². The third-order valence-electron chi connectivity index (χ3n) is 5.11. The summed E-state index contributed by atoms with van der Waals surface area (Å²) in [7, 11) is 0. The lowest BCUT2D eigenvalue weighted by Gasteiger charge is -2.36. The molecule has 94 valence electrons. The Morgan fingerprint density at radius 3 is 2.17 bits per heavy atom. The highest BCUT2D eigenvalue weighted by atomic mass is 16.3. The van der Waals surface area contributed by atoms with Crippen molar-refractivity contribution in [2.24, 2.45) is 17.8 Å². The van der Waals surface area contributed by atoms with E-state index in [1.165, 1.54) is 11.1 Å². The number of rotatable bonds is 1. The van der Waals surface area contributed by atoms with Crippen molar-refractivity contribution in [1.29, 1.82) is 5.26 Å². The molecule has 0 radical (unpaired) electrons. The summed E-state index contributed by atoms with van der Waals surface area (Å²) in [5, 5.41) is 20.3. The molecule has 0 amide bonds. The summed E-state index contributed by atoms with van der Waals surface area (Å²) in [4.78, 5) is 0. The van der Waals surface area contributed by atoms with Gasteiger partial charge in [0.15, 0.2) is 0 Å². The molecular weight excluding hydrogens is 222 g/mol. The lowest BCUT2D eigenvalue weighted by molar-refractivity contribution is -0.0614. The van der Waals surface area contributed by atoms with Crippen molar-refractivity contribution in [3.8, 4) is 6.07 Å². The Hall–Kier alpha value is -1.33. The maximum atomic E-state index is 11.1. The van der Waals surface area contributed by atoms with Crippen LogP contribution in [-0.2, 0) is 12.8 Å². The molecule has 0 heterocycles. The Morgan fingerprint density at radius 2 is 1.72 bits per heavy atom. The third kappa shape index (κ3) is 1.51. The first-order valence-electron chi connectivity index (χ1n) is 6.85. The Morgan fingerprint density at radius 1 is 1.22 bits per heavy atom. The second-order valence-corrected chi connectivity index (χ2v) is 5.89.